The van der Waals surface area contributed by atoms with Crippen LogP contribution in [0.4, 0.5) is 0 Å². The molecule has 0 N–H and O–H groups in total. The molecule has 2 aliphatic carbocycles. The maximum absolute atomic E-state index is 12.4. The number of carbonyl (C=O) groups is 1. The molecule has 1 atom stereocenters. The summed E-state index contributed by atoms with van der Waals surface area (Å²) in [7, 11) is 0. The first kappa shape index (κ1) is 15.2. The van der Waals surface area contributed by atoms with Crippen molar-refractivity contribution in [3.8, 4) is 0 Å². The molecule has 2 heterocycles. The Hall–Kier alpha value is -1.39. The summed E-state index contributed by atoms with van der Waals surface area (Å²) in [5, 5.41) is 4.22. The normalized spacial score (nSPS) is 27.7. The fourth-order valence-electron chi connectivity index (χ4n) is 4.58. The Labute approximate surface area is 137 Å². The van der Waals surface area contributed by atoms with E-state index >= 15 is 0 Å². The third-order valence-electron chi connectivity index (χ3n) is 5.95. The van der Waals surface area contributed by atoms with Crippen molar-refractivity contribution >= 4 is 5.91 Å². The van der Waals surface area contributed by atoms with Crippen LogP contribution in [0.3, 0.4) is 0 Å². The third kappa shape index (κ3) is 3.15. The Morgan fingerprint density at radius 3 is 2.35 bits per heavy atom. The lowest BCUT2D eigenvalue weighted by Crippen LogP contribution is -2.37. The van der Waals surface area contributed by atoms with Gasteiger partial charge in [0.05, 0.1) is 0 Å². The van der Waals surface area contributed by atoms with Gasteiger partial charge >= 0.3 is 0 Å². The highest BCUT2D eigenvalue weighted by Gasteiger charge is 2.38. The Morgan fingerprint density at radius 2 is 1.61 bits per heavy atom. The van der Waals surface area contributed by atoms with E-state index in [-0.39, 0.29) is 11.8 Å². The van der Waals surface area contributed by atoms with Gasteiger partial charge in [0.1, 0.15) is 0 Å². The van der Waals surface area contributed by atoms with E-state index in [9.17, 15) is 4.79 Å². The van der Waals surface area contributed by atoms with Crippen molar-refractivity contribution in [1.29, 1.82) is 0 Å². The van der Waals surface area contributed by atoms with Crippen LogP contribution in [-0.2, 0) is 4.79 Å². The summed E-state index contributed by atoms with van der Waals surface area (Å²) in [6.07, 6.45) is 12.9. The van der Waals surface area contributed by atoms with Crippen molar-refractivity contribution in [2.45, 2.75) is 88.5 Å². The molecule has 5 heteroatoms. The molecule has 0 radical (unpaired) electrons. The second-order valence-corrected chi connectivity index (χ2v) is 7.56. The van der Waals surface area contributed by atoms with Gasteiger partial charge < -0.3 is 9.42 Å². The van der Waals surface area contributed by atoms with Gasteiger partial charge in [-0.1, -0.05) is 43.7 Å². The monoisotopic (exact) mass is 317 g/mol. The van der Waals surface area contributed by atoms with Gasteiger partial charge in [-0.15, -0.1) is 0 Å². The van der Waals surface area contributed by atoms with Crippen molar-refractivity contribution in [2.24, 2.45) is 0 Å². The van der Waals surface area contributed by atoms with Crippen LogP contribution in [-0.4, -0.2) is 33.5 Å². The lowest BCUT2D eigenvalue weighted by Gasteiger charge is -2.31. The van der Waals surface area contributed by atoms with Gasteiger partial charge in [-0.25, -0.2) is 0 Å². The minimum atomic E-state index is 0.130. The maximum Gasteiger partial charge on any atom is 0.229 e. The van der Waals surface area contributed by atoms with Gasteiger partial charge in [-0.2, -0.15) is 4.98 Å². The Morgan fingerprint density at radius 1 is 0.913 bits per heavy atom. The van der Waals surface area contributed by atoms with Crippen LogP contribution in [0, 0.1) is 0 Å². The number of aromatic nitrogens is 2. The maximum atomic E-state index is 12.4. The number of likely N-dealkylation sites (tertiary alicyclic amines) is 1. The third-order valence-corrected chi connectivity index (χ3v) is 5.95. The zero-order valence-electron chi connectivity index (χ0n) is 13.9. The zero-order chi connectivity index (χ0) is 15.6. The van der Waals surface area contributed by atoms with Crippen molar-refractivity contribution in [2.75, 3.05) is 6.54 Å². The van der Waals surface area contributed by atoms with E-state index in [1.54, 1.807) is 0 Å². The Kier molecular flexibility index (Phi) is 4.36. The lowest BCUT2D eigenvalue weighted by molar-refractivity contribution is -0.130. The van der Waals surface area contributed by atoms with Crippen molar-refractivity contribution in [3.05, 3.63) is 11.7 Å². The Bertz CT molecular complexity index is 544. The average Bonchev–Trinajstić information content (AvgIpc) is 3.23. The van der Waals surface area contributed by atoms with Crippen molar-refractivity contribution in [1.82, 2.24) is 15.0 Å². The molecule has 0 unspecified atom stereocenters. The summed E-state index contributed by atoms with van der Waals surface area (Å²) in [4.78, 5) is 19.2. The van der Waals surface area contributed by atoms with Gasteiger partial charge in [-0.3, -0.25) is 4.79 Å². The van der Waals surface area contributed by atoms with Gasteiger partial charge in [0.25, 0.3) is 0 Å². The largest absolute Gasteiger partial charge is 0.339 e. The molecule has 1 saturated heterocycles. The van der Waals surface area contributed by atoms with E-state index in [0.29, 0.717) is 18.4 Å². The molecule has 2 saturated carbocycles. The van der Waals surface area contributed by atoms with Crippen LogP contribution in [0.5, 0.6) is 0 Å². The highest BCUT2D eigenvalue weighted by atomic mass is 16.5. The summed E-state index contributed by atoms with van der Waals surface area (Å²) in [6, 6.07) is 0.450. The first-order valence-corrected chi connectivity index (χ1v) is 9.44. The number of amides is 1. The fourth-order valence-corrected chi connectivity index (χ4v) is 4.58. The molecular formula is C18H27N3O2. The van der Waals surface area contributed by atoms with E-state index < -0.39 is 0 Å². The molecule has 1 aromatic heterocycles. The van der Waals surface area contributed by atoms with Gasteiger partial charge in [0, 0.05) is 30.8 Å². The smallest absolute Gasteiger partial charge is 0.229 e. The predicted octanol–water partition coefficient (Wildman–Crippen LogP) is 3.77. The van der Waals surface area contributed by atoms with Crippen LogP contribution < -0.4 is 0 Å². The molecule has 0 bridgehead atoms. The molecule has 126 valence electrons. The second kappa shape index (κ2) is 6.62. The summed E-state index contributed by atoms with van der Waals surface area (Å²) >= 11 is 0. The first-order valence-electron chi connectivity index (χ1n) is 9.44. The van der Waals surface area contributed by atoms with Crippen LogP contribution in [0.1, 0.15) is 94.2 Å². The van der Waals surface area contributed by atoms with Gasteiger partial charge in [-0.05, 0) is 25.7 Å². The molecule has 4 rings (SSSR count). The Balaban J connectivity index is 1.42. The SMILES string of the molecule is O=C1C[C@H](c2noc(C3CCCCC3)n2)CN1C1CCCCC1. The molecule has 1 amide bonds. The van der Waals surface area contributed by atoms with Crippen LogP contribution in [0.25, 0.3) is 0 Å². The summed E-state index contributed by atoms with van der Waals surface area (Å²) in [6.45, 7) is 0.785. The zero-order valence-corrected chi connectivity index (χ0v) is 13.9. The van der Waals surface area contributed by atoms with Gasteiger partial charge in [0.15, 0.2) is 5.82 Å². The quantitative estimate of drug-likeness (QED) is 0.851. The number of hydrogen-bond donors (Lipinski definition) is 0. The average molecular weight is 317 g/mol. The number of hydrogen-bond acceptors (Lipinski definition) is 4. The molecule has 3 fully saturated rings. The lowest BCUT2D eigenvalue weighted by atomic mass is 9.89. The molecular weight excluding hydrogens is 290 g/mol. The van der Waals surface area contributed by atoms with Crippen molar-refractivity contribution in [3.63, 3.8) is 0 Å². The number of rotatable bonds is 3. The minimum Gasteiger partial charge on any atom is -0.339 e. The highest BCUT2D eigenvalue weighted by Crippen LogP contribution is 2.35. The van der Waals surface area contributed by atoms with E-state index in [2.05, 4.69) is 15.0 Å². The van der Waals surface area contributed by atoms with Crippen LogP contribution in [0.15, 0.2) is 4.52 Å². The first-order chi connectivity index (χ1) is 11.3. The molecule has 5 nitrogen and oxygen atoms in total. The highest BCUT2D eigenvalue weighted by molar-refractivity contribution is 5.79. The number of nitrogens with zero attached hydrogens (tertiary/aromatic N) is 3. The second-order valence-electron chi connectivity index (χ2n) is 7.56. The van der Waals surface area contributed by atoms with E-state index in [1.807, 2.05) is 0 Å². The molecule has 0 spiro atoms. The summed E-state index contributed by atoms with van der Waals surface area (Å²) < 4.78 is 5.54. The summed E-state index contributed by atoms with van der Waals surface area (Å²) in [5.74, 6) is 2.42. The van der Waals surface area contributed by atoms with E-state index in [4.69, 9.17) is 4.52 Å². The van der Waals surface area contributed by atoms with Gasteiger partial charge in [0.2, 0.25) is 11.8 Å². The van der Waals surface area contributed by atoms with Crippen LogP contribution in [0.2, 0.25) is 0 Å². The topological polar surface area (TPSA) is 59.2 Å². The van der Waals surface area contributed by atoms with E-state index in [1.165, 1.54) is 51.4 Å². The van der Waals surface area contributed by atoms with Crippen LogP contribution >= 0.6 is 0 Å². The molecule has 1 aliphatic heterocycles. The summed E-state index contributed by atoms with van der Waals surface area (Å²) in [5.41, 5.74) is 0. The standard InChI is InChI=1S/C18H27N3O2/c22-16-11-14(12-21(16)15-9-5-2-6-10-15)17-19-18(23-20-17)13-7-3-1-4-8-13/h13-15H,1-12H2/t14-/m0/s1. The molecule has 0 aromatic carbocycles. The minimum absolute atomic E-state index is 0.130. The molecule has 3 aliphatic rings. The number of carbonyl (C=O) groups excluding carboxylic acids is 1. The van der Waals surface area contributed by atoms with E-state index in [0.717, 1.165) is 31.1 Å². The fraction of sp³-hybridized carbons (Fsp3) is 0.833. The molecule has 1 aromatic rings. The van der Waals surface area contributed by atoms with Crippen molar-refractivity contribution < 1.29 is 9.32 Å². The molecule has 23 heavy (non-hydrogen) atoms. The predicted molar refractivity (Wildman–Crippen MR) is 86.1 cm³/mol.